The highest BCUT2D eigenvalue weighted by Gasteiger charge is 2.58. The van der Waals surface area contributed by atoms with Crippen LogP contribution >= 0.6 is 0 Å². The van der Waals surface area contributed by atoms with Crippen LogP contribution in [0.1, 0.15) is 26.2 Å². The van der Waals surface area contributed by atoms with Crippen molar-refractivity contribution in [3.05, 3.63) is 12.2 Å². The van der Waals surface area contributed by atoms with Crippen LogP contribution in [0.4, 0.5) is 0 Å². The van der Waals surface area contributed by atoms with Gasteiger partial charge in [-0.3, -0.25) is 4.79 Å². The molecule has 4 heteroatoms. The third-order valence-electron chi connectivity index (χ3n) is 3.16. The molecule has 0 radical (unpaired) electrons. The molecule has 0 aromatic carbocycles. The van der Waals surface area contributed by atoms with E-state index < -0.39 is 5.97 Å². The number of rotatable bonds is 2. The van der Waals surface area contributed by atoms with Gasteiger partial charge in [-0.05, 0) is 13.0 Å². The second-order valence-corrected chi connectivity index (χ2v) is 4.35. The summed E-state index contributed by atoms with van der Waals surface area (Å²) in [4.78, 5) is 11.8. The topological polar surface area (TPSA) is 44.8 Å². The molecule has 0 spiro atoms. The summed E-state index contributed by atoms with van der Waals surface area (Å²) in [6.07, 6.45) is 6.20. The van der Waals surface area contributed by atoms with Crippen LogP contribution in [-0.2, 0) is 19.0 Å². The maximum absolute atomic E-state index is 11.8. The van der Waals surface area contributed by atoms with Crippen molar-refractivity contribution in [2.45, 2.75) is 50.5 Å². The zero-order valence-electron chi connectivity index (χ0n) is 8.64. The van der Waals surface area contributed by atoms with E-state index in [0.717, 1.165) is 19.3 Å². The van der Waals surface area contributed by atoms with Gasteiger partial charge in [-0.1, -0.05) is 6.08 Å². The monoisotopic (exact) mass is 210 g/mol. The molecular weight excluding hydrogens is 196 g/mol. The van der Waals surface area contributed by atoms with Gasteiger partial charge in [-0.15, -0.1) is 0 Å². The van der Waals surface area contributed by atoms with Crippen LogP contribution in [0, 0.1) is 0 Å². The normalized spacial score (nSPS) is 47.7. The molecule has 4 nitrogen and oxygen atoms in total. The first-order valence-corrected chi connectivity index (χ1v) is 5.42. The molecule has 4 rings (SSSR count). The quantitative estimate of drug-likeness (QED) is 0.641. The van der Waals surface area contributed by atoms with Gasteiger partial charge in [0.15, 0.2) is 0 Å². The molecule has 0 N–H and O–H groups in total. The largest absolute Gasteiger partial charge is 0.351 e. The molecule has 4 fully saturated rings. The van der Waals surface area contributed by atoms with E-state index in [1.165, 1.54) is 6.08 Å². The first-order valence-electron chi connectivity index (χ1n) is 5.42. The van der Waals surface area contributed by atoms with E-state index in [0.29, 0.717) is 0 Å². The molecule has 3 heterocycles. The van der Waals surface area contributed by atoms with Crippen molar-refractivity contribution in [2.24, 2.45) is 0 Å². The Kier molecular flexibility index (Phi) is 1.99. The van der Waals surface area contributed by atoms with Crippen molar-refractivity contribution in [1.29, 1.82) is 0 Å². The Labute approximate surface area is 88.2 Å². The summed E-state index contributed by atoms with van der Waals surface area (Å²) in [5.41, 5.74) is 0. The lowest BCUT2D eigenvalue weighted by Crippen LogP contribution is -2.65. The summed E-state index contributed by atoms with van der Waals surface area (Å²) in [5, 5.41) is 0. The summed E-state index contributed by atoms with van der Waals surface area (Å²) in [7, 11) is 0. The molecule has 0 atom stereocenters. The van der Waals surface area contributed by atoms with Crippen LogP contribution in [0.25, 0.3) is 0 Å². The van der Waals surface area contributed by atoms with E-state index in [9.17, 15) is 4.79 Å². The van der Waals surface area contributed by atoms with Crippen LogP contribution in [0.2, 0.25) is 0 Å². The highest BCUT2D eigenvalue weighted by Crippen LogP contribution is 2.45. The van der Waals surface area contributed by atoms with Crippen LogP contribution in [-0.4, -0.2) is 30.1 Å². The fraction of sp³-hybridized carbons (Fsp3) is 0.727. The molecule has 3 saturated heterocycles. The number of hydrogen-bond acceptors (Lipinski definition) is 4. The number of ether oxygens (including phenoxy) is 3. The standard InChI is InChI=1S/C11H14O4/c1-2-3-10(12)11-13-7-4-8(14-11)6-9(5-7)15-11/h2-3,7-9H,4-6H2,1H3/b3-2+. The summed E-state index contributed by atoms with van der Waals surface area (Å²) in [6.45, 7) is 1.79. The first kappa shape index (κ1) is 9.51. The Bertz CT molecular complexity index is 285. The minimum absolute atomic E-state index is 0.130. The smallest absolute Gasteiger partial charge is 0.317 e. The zero-order valence-corrected chi connectivity index (χ0v) is 8.64. The van der Waals surface area contributed by atoms with Gasteiger partial charge in [-0.25, -0.2) is 0 Å². The number of hydrogen-bond donors (Lipinski definition) is 0. The van der Waals surface area contributed by atoms with Gasteiger partial charge in [0.05, 0.1) is 18.3 Å². The van der Waals surface area contributed by atoms with Gasteiger partial charge < -0.3 is 14.2 Å². The summed E-state index contributed by atoms with van der Waals surface area (Å²) in [5.74, 6) is -1.65. The number of carbonyl (C=O) groups excluding carboxylic acids is 1. The Hall–Kier alpha value is -0.710. The lowest BCUT2D eigenvalue weighted by Gasteiger charge is -2.53. The van der Waals surface area contributed by atoms with Crippen LogP contribution in [0.3, 0.4) is 0 Å². The molecule has 1 aliphatic carbocycles. The minimum atomic E-state index is -1.42. The molecule has 0 unspecified atom stereocenters. The number of carbonyl (C=O) groups is 1. The predicted octanol–water partition coefficient (Wildman–Crippen LogP) is 1.15. The van der Waals surface area contributed by atoms with Crippen molar-refractivity contribution < 1.29 is 19.0 Å². The van der Waals surface area contributed by atoms with Gasteiger partial charge in [0.2, 0.25) is 5.78 Å². The third-order valence-corrected chi connectivity index (χ3v) is 3.16. The lowest BCUT2D eigenvalue weighted by atomic mass is 9.89. The fourth-order valence-electron chi connectivity index (χ4n) is 2.63. The highest BCUT2D eigenvalue weighted by molar-refractivity contribution is 5.94. The predicted molar refractivity (Wildman–Crippen MR) is 51.0 cm³/mol. The number of ketones is 1. The number of allylic oxidation sites excluding steroid dienone is 1. The van der Waals surface area contributed by atoms with E-state index in [4.69, 9.17) is 14.2 Å². The summed E-state index contributed by atoms with van der Waals surface area (Å²) >= 11 is 0. The van der Waals surface area contributed by atoms with E-state index >= 15 is 0 Å². The average Bonchev–Trinajstić information content (AvgIpc) is 2.15. The van der Waals surface area contributed by atoms with Crippen molar-refractivity contribution in [3.8, 4) is 0 Å². The third kappa shape index (κ3) is 1.36. The van der Waals surface area contributed by atoms with Gasteiger partial charge in [0.1, 0.15) is 0 Å². The first-order chi connectivity index (χ1) is 7.22. The van der Waals surface area contributed by atoms with E-state index in [-0.39, 0.29) is 24.1 Å². The molecule has 0 aromatic heterocycles. The van der Waals surface area contributed by atoms with E-state index in [2.05, 4.69) is 0 Å². The Balaban J connectivity index is 1.89. The maximum atomic E-state index is 11.8. The molecule has 4 bridgehead atoms. The van der Waals surface area contributed by atoms with Crippen molar-refractivity contribution in [3.63, 3.8) is 0 Å². The zero-order chi connectivity index (χ0) is 10.5. The van der Waals surface area contributed by atoms with E-state index in [1.54, 1.807) is 13.0 Å². The molecule has 3 aliphatic heterocycles. The summed E-state index contributed by atoms with van der Waals surface area (Å²) < 4.78 is 16.7. The van der Waals surface area contributed by atoms with Crippen molar-refractivity contribution >= 4 is 5.78 Å². The fourth-order valence-corrected chi connectivity index (χ4v) is 2.63. The summed E-state index contributed by atoms with van der Waals surface area (Å²) in [6, 6.07) is 0. The van der Waals surface area contributed by atoms with Crippen LogP contribution in [0.15, 0.2) is 12.2 Å². The Morgan fingerprint density at radius 1 is 1.13 bits per heavy atom. The maximum Gasteiger partial charge on any atom is 0.351 e. The highest BCUT2D eigenvalue weighted by atomic mass is 16.9. The molecule has 0 aromatic rings. The van der Waals surface area contributed by atoms with Crippen LogP contribution < -0.4 is 0 Å². The second-order valence-electron chi connectivity index (χ2n) is 4.35. The van der Waals surface area contributed by atoms with Gasteiger partial charge in [0, 0.05) is 19.3 Å². The molecule has 4 aliphatic rings. The van der Waals surface area contributed by atoms with E-state index in [1.807, 2.05) is 0 Å². The Morgan fingerprint density at radius 2 is 1.60 bits per heavy atom. The van der Waals surface area contributed by atoms with Gasteiger partial charge in [-0.2, -0.15) is 0 Å². The lowest BCUT2D eigenvalue weighted by molar-refractivity contribution is -0.467. The second kappa shape index (κ2) is 3.14. The van der Waals surface area contributed by atoms with Crippen LogP contribution in [0.5, 0.6) is 0 Å². The molecular formula is C11H14O4. The Morgan fingerprint density at radius 3 is 2.00 bits per heavy atom. The molecule has 82 valence electrons. The SMILES string of the molecule is C/C=C/C(=O)C12OC3CC(CC(C3)O1)O2. The van der Waals surface area contributed by atoms with Crippen molar-refractivity contribution in [1.82, 2.24) is 0 Å². The molecule has 15 heavy (non-hydrogen) atoms. The van der Waals surface area contributed by atoms with Crippen molar-refractivity contribution in [2.75, 3.05) is 0 Å². The minimum Gasteiger partial charge on any atom is -0.317 e. The molecule has 1 saturated carbocycles. The van der Waals surface area contributed by atoms with Gasteiger partial charge in [0.25, 0.3) is 0 Å². The van der Waals surface area contributed by atoms with Gasteiger partial charge >= 0.3 is 5.97 Å². The average molecular weight is 210 g/mol. The molecule has 0 amide bonds.